The number of nitro groups is 1. The summed E-state index contributed by atoms with van der Waals surface area (Å²) in [6.07, 6.45) is 0. The molecule has 0 atom stereocenters. The Balaban J connectivity index is 2.18. The maximum atomic E-state index is 10.6. The molecule has 1 heterocycles. The highest BCUT2D eigenvalue weighted by Gasteiger charge is 2.13. The summed E-state index contributed by atoms with van der Waals surface area (Å²) in [6, 6.07) is 6.42. The van der Waals surface area contributed by atoms with Crippen LogP contribution in [0.15, 0.2) is 24.3 Å². The smallest absolute Gasteiger partial charge is 0.271 e. The van der Waals surface area contributed by atoms with Crippen LogP contribution < -0.4 is 4.90 Å². The molecule has 0 radical (unpaired) electrons. The second-order valence-corrected chi connectivity index (χ2v) is 3.39. The number of benzene rings is 1. The standard InChI is InChI=1S/C10H12N2O4/c13-12(14)10-3-1-2-9(6-10)11-7-15-4-5-16-8-11/h1-3,6H,4-5,7-8H2. The van der Waals surface area contributed by atoms with Crippen molar-refractivity contribution in [2.45, 2.75) is 0 Å². The summed E-state index contributed by atoms with van der Waals surface area (Å²) in [5, 5.41) is 10.6. The van der Waals surface area contributed by atoms with Crippen LogP contribution in [0.5, 0.6) is 0 Å². The van der Waals surface area contributed by atoms with Gasteiger partial charge in [0.25, 0.3) is 5.69 Å². The zero-order valence-corrected chi connectivity index (χ0v) is 8.67. The van der Waals surface area contributed by atoms with Gasteiger partial charge in [0, 0.05) is 17.8 Å². The molecule has 6 nitrogen and oxygen atoms in total. The molecule has 0 amide bonds. The molecule has 6 heteroatoms. The third-order valence-electron chi connectivity index (χ3n) is 2.27. The SMILES string of the molecule is O=[N+]([O-])c1cccc(N2COCCOC2)c1. The molecule has 16 heavy (non-hydrogen) atoms. The van der Waals surface area contributed by atoms with E-state index in [1.54, 1.807) is 17.0 Å². The van der Waals surface area contributed by atoms with Gasteiger partial charge >= 0.3 is 0 Å². The molecular formula is C10H12N2O4. The molecule has 0 bridgehead atoms. The zero-order valence-electron chi connectivity index (χ0n) is 8.67. The monoisotopic (exact) mass is 224 g/mol. The molecule has 2 rings (SSSR count). The second kappa shape index (κ2) is 4.91. The summed E-state index contributed by atoms with van der Waals surface area (Å²) in [5.41, 5.74) is 0.804. The molecule has 86 valence electrons. The quantitative estimate of drug-likeness (QED) is 0.560. The number of nitro benzene ring substituents is 1. The van der Waals surface area contributed by atoms with Crippen molar-refractivity contribution in [2.75, 3.05) is 31.6 Å². The third kappa shape index (κ3) is 2.47. The predicted octanol–water partition coefficient (Wildman–Crippen LogP) is 1.36. The van der Waals surface area contributed by atoms with Crippen molar-refractivity contribution in [3.8, 4) is 0 Å². The lowest BCUT2D eigenvalue weighted by molar-refractivity contribution is -0.384. The molecule has 1 aromatic rings. The summed E-state index contributed by atoms with van der Waals surface area (Å²) in [6.45, 7) is 1.87. The van der Waals surface area contributed by atoms with Crippen LogP contribution in [-0.4, -0.2) is 31.6 Å². The molecule has 1 fully saturated rings. The number of hydrogen-bond donors (Lipinski definition) is 0. The Morgan fingerprint density at radius 3 is 2.56 bits per heavy atom. The number of ether oxygens (including phenoxy) is 2. The van der Waals surface area contributed by atoms with Crippen molar-refractivity contribution in [1.29, 1.82) is 0 Å². The highest BCUT2D eigenvalue weighted by atomic mass is 16.6. The highest BCUT2D eigenvalue weighted by Crippen LogP contribution is 2.21. The van der Waals surface area contributed by atoms with Gasteiger partial charge in [0.1, 0.15) is 13.5 Å². The maximum absolute atomic E-state index is 10.6. The summed E-state index contributed by atoms with van der Waals surface area (Å²) in [4.78, 5) is 12.0. The van der Waals surface area contributed by atoms with E-state index in [9.17, 15) is 10.1 Å². The molecule has 0 saturated carbocycles. The fourth-order valence-electron chi connectivity index (χ4n) is 1.46. The zero-order chi connectivity index (χ0) is 11.4. The largest absolute Gasteiger partial charge is 0.359 e. The van der Waals surface area contributed by atoms with Crippen LogP contribution in [-0.2, 0) is 9.47 Å². The van der Waals surface area contributed by atoms with Gasteiger partial charge in [-0.1, -0.05) is 6.07 Å². The van der Waals surface area contributed by atoms with E-state index in [-0.39, 0.29) is 5.69 Å². The number of non-ortho nitro benzene ring substituents is 1. The summed E-state index contributed by atoms with van der Waals surface area (Å²) >= 11 is 0. The van der Waals surface area contributed by atoms with Gasteiger partial charge in [-0.05, 0) is 6.07 Å². The first kappa shape index (κ1) is 10.8. The van der Waals surface area contributed by atoms with Crippen LogP contribution in [0.2, 0.25) is 0 Å². The Labute approximate surface area is 92.5 Å². The number of hydrogen-bond acceptors (Lipinski definition) is 5. The average Bonchev–Trinajstić information content (AvgIpc) is 2.57. The first-order valence-electron chi connectivity index (χ1n) is 4.92. The molecule has 0 spiro atoms. The molecular weight excluding hydrogens is 212 g/mol. The van der Waals surface area contributed by atoms with Gasteiger partial charge in [0.15, 0.2) is 0 Å². The first-order valence-corrected chi connectivity index (χ1v) is 4.92. The lowest BCUT2D eigenvalue weighted by Gasteiger charge is -2.20. The Hall–Kier alpha value is -1.66. The molecule has 0 aliphatic carbocycles. The van der Waals surface area contributed by atoms with E-state index in [0.717, 1.165) is 5.69 Å². The molecule has 0 aromatic heterocycles. The van der Waals surface area contributed by atoms with E-state index in [0.29, 0.717) is 26.7 Å². The van der Waals surface area contributed by atoms with E-state index in [1.807, 2.05) is 0 Å². The normalized spacial score (nSPS) is 16.9. The molecule has 0 unspecified atom stereocenters. The van der Waals surface area contributed by atoms with Crippen LogP contribution >= 0.6 is 0 Å². The Kier molecular flexibility index (Phi) is 3.33. The van der Waals surface area contributed by atoms with Crippen molar-refractivity contribution in [3.05, 3.63) is 34.4 Å². The lowest BCUT2D eigenvalue weighted by Crippen LogP contribution is -2.25. The van der Waals surface area contributed by atoms with Crippen molar-refractivity contribution in [3.63, 3.8) is 0 Å². The van der Waals surface area contributed by atoms with Crippen molar-refractivity contribution < 1.29 is 14.4 Å². The van der Waals surface area contributed by atoms with Gasteiger partial charge in [-0.25, -0.2) is 0 Å². The Bertz CT molecular complexity index is 375. The summed E-state index contributed by atoms with van der Waals surface area (Å²) < 4.78 is 10.6. The third-order valence-corrected chi connectivity index (χ3v) is 2.27. The van der Waals surface area contributed by atoms with E-state index in [4.69, 9.17) is 9.47 Å². The molecule has 0 N–H and O–H groups in total. The van der Waals surface area contributed by atoms with Crippen molar-refractivity contribution in [2.24, 2.45) is 0 Å². The second-order valence-electron chi connectivity index (χ2n) is 3.39. The molecule has 1 saturated heterocycles. The molecule has 1 aliphatic rings. The van der Waals surface area contributed by atoms with Crippen molar-refractivity contribution in [1.82, 2.24) is 0 Å². The maximum Gasteiger partial charge on any atom is 0.271 e. The van der Waals surface area contributed by atoms with Crippen LogP contribution in [0.4, 0.5) is 11.4 Å². The lowest BCUT2D eigenvalue weighted by atomic mass is 10.2. The van der Waals surface area contributed by atoms with E-state index < -0.39 is 4.92 Å². The number of rotatable bonds is 2. The fourth-order valence-corrected chi connectivity index (χ4v) is 1.46. The molecule has 1 aromatic carbocycles. The van der Waals surface area contributed by atoms with Crippen LogP contribution in [0.1, 0.15) is 0 Å². The van der Waals surface area contributed by atoms with Crippen LogP contribution in [0, 0.1) is 10.1 Å². The van der Waals surface area contributed by atoms with E-state index in [2.05, 4.69) is 0 Å². The first-order chi connectivity index (χ1) is 7.77. The van der Waals surface area contributed by atoms with Gasteiger partial charge < -0.3 is 14.4 Å². The van der Waals surface area contributed by atoms with Gasteiger partial charge in [0.2, 0.25) is 0 Å². The Morgan fingerprint density at radius 2 is 1.94 bits per heavy atom. The summed E-state index contributed by atoms with van der Waals surface area (Å²) in [5.74, 6) is 0. The van der Waals surface area contributed by atoms with Gasteiger partial charge in [0.05, 0.1) is 18.1 Å². The van der Waals surface area contributed by atoms with Gasteiger partial charge in [-0.2, -0.15) is 0 Å². The predicted molar refractivity (Wildman–Crippen MR) is 57.2 cm³/mol. The minimum atomic E-state index is -0.414. The fraction of sp³-hybridized carbons (Fsp3) is 0.400. The average molecular weight is 224 g/mol. The minimum Gasteiger partial charge on any atom is -0.359 e. The van der Waals surface area contributed by atoms with Crippen LogP contribution in [0.3, 0.4) is 0 Å². The van der Waals surface area contributed by atoms with E-state index >= 15 is 0 Å². The van der Waals surface area contributed by atoms with E-state index in [1.165, 1.54) is 12.1 Å². The van der Waals surface area contributed by atoms with Gasteiger partial charge in [-0.3, -0.25) is 10.1 Å². The topological polar surface area (TPSA) is 64.8 Å². The van der Waals surface area contributed by atoms with Crippen molar-refractivity contribution >= 4 is 11.4 Å². The number of anilines is 1. The summed E-state index contributed by atoms with van der Waals surface area (Å²) in [7, 11) is 0. The van der Waals surface area contributed by atoms with Crippen LogP contribution in [0.25, 0.3) is 0 Å². The molecule has 1 aliphatic heterocycles. The minimum absolute atomic E-state index is 0.0711. The highest BCUT2D eigenvalue weighted by molar-refractivity contribution is 5.52. The Morgan fingerprint density at radius 1 is 1.25 bits per heavy atom. The van der Waals surface area contributed by atoms with Gasteiger partial charge in [-0.15, -0.1) is 0 Å². The number of nitrogens with zero attached hydrogens (tertiary/aromatic N) is 2.